The largest absolute Gasteiger partial charge is 0.393 e. The molecule has 2 saturated carbocycles. The van der Waals surface area contributed by atoms with Gasteiger partial charge in [-0.15, -0.1) is 0 Å². The molecule has 3 unspecified atom stereocenters. The highest BCUT2D eigenvalue weighted by Gasteiger charge is 2.36. The van der Waals surface area contributed by atoms with Gasteiger partial charge in [0.05, 0.1) is 22.2 Å². The van der Waals surface area contributed by atoms with Crippen molar-refractivity contribution in [3.05, 3.63) is 40.5 Å². The minimum Gasteiger partial charge on any atom is -0.393 e. The van der Waals surface area contributed by atoms with E-state index >= 15 is 0 Å². The summed E-state index contributed by atoms with van der Waals surface area (Å²) in [6.45, 7) is 0.215. The lowest BCUT2D eigenvalue weighted by molar-refractivity contribution is -0.0518. The third kappa shape index (κ3) is 4.53. The van der Waals surface area contributed by atoms with Crippen molar-refractivity contribution in [1.29, 1.82) is 0 Å². The van der Waals surface area contributed by atoms with Gasteiger partial charge in [-0.25, -0.2) is 8.78 Å². The van der Waals surface area contributed by atoms with Crippen molar-refractivity contribution in [1.82, 2.24) is 10.3 Å². The molecular formula is C22H25ClF2N2O2. The zero-order chi connectivity index (χ0) is 20.6. The van der Waals surface area contributed by atoms with Gasteiger partial charge in [0.1, 0.15) is 0 Å². The summed E-state index contributed by atoms with van der Waals surface area (Å²) in [5, 5.41) is 13.5. The van der Waals surface area contributed by atoms with Gasteiger partial charge in [-0.3, -0.25) is 9.78 Å². The van der Waals surface area contributed by atoms with Gasteiger partial charge in [-0.1, -0.05) is 17.7 Å². The number of halogens is 3. The SMILES string of the molecule is O=C(NCC1CCCC(F)(F)C1)c1c(Cl)ccc2nc(C3CCC(O)C3)ccc12. The number of carbonyl (C=O) groups excluding carboxylic acids is 1. The van der Waals surface area contributed by atoms with E-state index < -0.39 is 5.92 Å². The lowest BCUT2D eigenvalue weighted by atomic mass is 9.86. The molecule has 0 radical (unpaired) electrons. The summed E-state index contributed by atoms with van der Waals surface area (Å²) in [4.78, 5) is 17.5. The highest BCUT2D eigenvalue weighted by Crippen LogP contribution is 2.37. The summed E-state index contributed by atoms with van der Waals surface area (Å²) in [5.74, 6) is -3.01. The highest BCUT2D eigenvalue weighted by atomic mass is 35.5. The number of aliphatic hydroxyl groups excluding tert-OH is 1. The van der Waals surface area contributed by atoms with E-state index in [1.807, 2.05) is 12.1 Å². The molecule has 1 aromatic heterocycles. The molecule has 1 amide bonds. The van der Waals surface area contributed by atoms with Crippen LogP contribution in [0.1, 0.15) is 66.9 Å². The van der Waals surface area contributed by atoms with E-state index in [4.69, 9.17) is 16.6 Å². The van der Waals surface area contributed by atoms with Gasteiger partial charge in [0, 0.05) is 36.4 Å². The number of aliphatic hydroxyl groups is 1. The first-order valence-corrected chi connectivity index (χ1v) is 10.6. The van der Waals surface area contributed by atoms with Gasteiger partial charge >= 0.3 is 0 Å². The van der Waals surface area contributed by atoms with Crippen molar-refractivity contribution < 1.29 is 18.7 Å². The fourth-order valence-electron chi connectivity index (χ4n) is 4.65. The summed E-state index contributed by atoms with van der Waals surface area (Å²) in [6.07, 6.45) is 3.00. The monoisotopic (exact) mass is 422 g/mol. The topological polar surface area (TPSA) is 62.2 Å². The predicted molar refractivity (Wildman–Crippen MR) is 109 cm³/mol. The summed E-state index contributed by atoms with van der Waals surface area (Å²) < 4.78 is 27.2. The molecule has 0 saturated heterocycles. The average Bonchev–Trinajstić information content (AvgIpc) is 3.11. The molecule has 2 fully saturated rings. The number of aromatic nitrogens is 1. The van der Waals surface area contributed by atoms with Crippen molar-refractivity contribution >= 4 is 28.4 Å². The van der Waals surface area contributed by atoms with Gasteiger partial charge in [-0.2, -0.15) is 0 Å². The number of carbonyl (C=O) groups is 1. The van der Waals surface area contributed by atoms with E-state index in [2.05, 4.69) is 5.32 Å². The average molecular weight is 423 g/mol. The predicted octanol–water partition coefficient (Wildman–Crippen LogP) is 5.07. The number of hydrogen-bond acceptors (Lipinski definition) is 3. The van der Waals surface area contributed by atoms with Crippen LogP contribution in [0.2, 0.25) is 5.02 Å². The Hall–Kier alpha value is -1.79. The Morgan fingerprint density at radius 3 is 2.79 bits per heavy atom. The van der Waals surface area contributed by atoms with E-state index in [1.54, 1.807) is 12.1 Å². The van der Waals surface area contributed by atoms with Crippen molar-refractivity contribution in [2.45, 2.75) is 62.9 Å². The molecule has 0 spiro atoms. The number of benzene rings is 1. The maximum absolute atomic E-state index is 13.6. The second-order valence-corrected chi connectivity index (χ2v) is 8.82. The number of amides is 1. The van der Waals surface area contributed by atoms with Crippen LogP contribution in [0.5, 0.6) is 0 Å². The molecule has 0 bridgehead atoms. The maximum atomic E-state index is 13.6. The molecule has 4 nitrogen and oxygen atoms in total. The number of pyridine rings is 1. The Morgan fingerprint density at radius 2 is 2.07 bits per heavy atom. The maximum Gasteiger partial charge on any atom is 0.253 e. The van der Waals surface area contributed by atoms with Crippen LogP contribution < -0.4 is 5.32 Å². The second-order valence-electron chi connectivity index (χ2n) is 8.42. The van der Waals surface area contributed by atoms with Crippen LogP contribution in [0.4, 0.5) is 8.78 Å². The minimum absolute atomic E-state index is 0.0708. The van der Waals surface area contributed by atoms with Crippen LogP contribution in [0.15, 0.2) is 24.3 Å². The number of fused-ring (bicyclic) bond motifs is 1. The number of rotatable bonds is 4. The third-order valence-corrected chi connectivity index (χ3v) is 6.50. The minimum atomic E-state index is -2.64. The first-order chi connectivity index (χ1) is 13.8. The van der Waals surface area contributed by atoms with Crippen LogP contribution in [-0.2, 0) is 0 Å². The van der Waals surface area contributed by atoms with Crippen LogP contribution >= 0.6 is 11.6 Å². The molecule has 2 aliphatic carbocycles. The highest BCUT2D eigenvalue weighted by molar-refractivity contribution is 6.35. The Bertz CT molecular complexity index is 921. The van der Waals surface area contributed by atoms with E-state index in [1.165, 1.54) is 0 Å². The molecule has 4 rings (SSSR count). The van der Waals surface area contributed by atoms with Crippen molar-refractivity contribution in [3.8, 4) is 0 Å². The van der Waals surface area contributed by atoms with Crippen molar-refractivity contribution in [2.75, 3.05) is 6.54 Å². The molecule has 29 heavy (non-hydrogen) atoms. The number of alkyl halides is 2. The first kappa shape index (κ1) is 20.5. The zero-order valence-corrected chi connectivity index (χ0v) is 16.9. The van der Waals surface area contributed by atoms with E-state index in [0.717, 1.165) is 18.5 Å². The fourth-order valence-corrected chi connectivity index (χ4v) is 4.90. The molecule has 3 atom stereocenters. The molecule has 2 aromatic rings. The van der Waals surface area contributed by atoms with Crippen LogP contribution in [0.25, 0.3) is 10.9 Å². The molecule has 2 N–H and O–H groups in total. The Kier molecular flexibility index (Phi) is 5.76. The quantitative estimate of drug-likeness (QED) is 0.722. The molecule has 2 aliphatic rings. The van der Waals surface area contributed by atoms with Crippen LogP contribution in [0.3, 0.4) is 0 Å². The Labute approximate surface area is 173 Å². The van der Waals surface area contributed by atoms with Crippen molar-refractivity contribution in [3.63, 3.8) is 0 Å². The standard InChI is InChI=1S/C22H25ClF2N2O2/c23-17-6-8-19-16(5-7-18(27-19)14-3-4-15(28)10-14)20(17)21(29)26-12-13-2-1-9-22(24,25)11-13/h5-8,13-15,28H,1-4,9-12H2,(H,26,29). The zero-order valence-electron chi connectivity index (χ0n) is 16.1. The second kappa shape index (κ2) is 8.15. The van der Waals surface area contributed by atoms with Gasteiger partial charge in [0.2, 0.25) is 5.92 Å². The van der Waals surface area contributed by atoms with Gasteiger partial charge < -0.3 is 10.4 Å². The number of nitrogens with one attached hydrogen (secondary N) is 1. The molecular weight excluding hydrogens is 398 g/mol. The van der Waals surface area contributed by atoms with Gasteiger partial charge in [0.15, 0.2) is 0 Å². The molecule has 156 valence electrons. The molecule has 1 heterocycles. The first-order valence-electron chi connectivity index (χ1n) is 10.3. The van der Waals surface area contributed by atoms with Gasteiger partial charge in [-0.05, 0) is 56.2 Å². The number of nitrogens with zero attached hydrogens (tertiary/aromatic N) is 1. The third-order valence-electron chi connectivity index (χ3n) is 6.19. The summed E-state index contributed by atoms with van der Waals surface area (Å²) in [5.41, 5.74) is 1.91. The Balaban J connectivity index is 1.53. The normalized spacial score (nSPS) is 26.6. The lowest BCUT2D eigenvalue weighted by Gasteiger charge is -2.29. The lowest BCUT2D eigenvalue weighted by Crippen LogP contribution is -2.35. The fraction of sp³-hybridized carbons (Fsp3) is 0.545. The summed E-state index contributed by atoms with van der Waals surface area (Å²) in [6, 6.07) is 7.16. The van der Waals surface area contributed by atoms with E-state index in [-0.39, 0.29) is 43.2 Å². The molecule has 0 aliphatic heterocycles. The number of hydrogen-bond donors (Lipinski definition) is 2. The summed E-state index contributed by atoms with van der Waals surface area (Å²) >= 11 is 6.31. The molecule has 7 heteroatoms. The van der Waals surface area contributed by atoms with E-state index in [0.29, 0.717) is 40.8 Å². The van der Waals surface area contributed by atoms with Crippen molar-refractivity contribution in [2.24, 2.45) is 5.92 Å². The Morgan fingerprint density at radius 1 is 1.24 bits per heavy atom. The summed E-state index contributed by atoms with van der Waals surface area (Å²) in [7, 11) is 0. The van der Waals surface area contributed by atoms with Gasteiger partial charge in [0.25, 0.3) is 5.91 Å². The molecule has 1 aromatic carbocycles. The van der Waals surface area contributed by atoms with Crippen LogP contribution in [0, 0.1) is 5.92 Å². The van der Waals surface area contributed by atoms with Crippen LogP contribution in [-0.4, -0.2) is 34.6 Å². The smallest absolute Gasteiger partial charge is 0.253 e. The van der Waals surface area contributed by atoms with E-state index in [9.17, 15) is 18.7 Å².